The molecule has 0 bridgehead atoms. The van der Waals surface area contributed by atoms with E-state index in [1.54, 1.807) is 10.6 Å². The van der Waals surface area contributed by atoms with Gasteiger partial charge in [-0.2, -0.15) is 0 Å². The lowest BCUT2D eigenvalue weighted by Gasteiger charge is -1.97. The summed E-state index contributed by atoms with van der Waals surface area (Å²) in [6, 6.07) is 3.71. The van der Waals surface area contributed by atoms with Crippen LogP contribution in [-0.4, -0.2) is 14.6 Å². The number of aromatic nitrogens is 3. The number of fused-ring (bicyclic) bond motifs is 1. The fourth-order valence-corrected chi connectivity index (χ4v) is 2.36. The van der Waals surface area contributed by atoms with Crippen LogP contribution in [0.4, 0.5) is 0 Å². The Balaban J connectivity index is 2.15. The van der Waals surface area contributed by atoms with Crippen LogP contribution in [0.1, 0.15) is 57.3 Å². The number of rotatable bonds is 7. The highest BCUT2D eigenvalue weighted by Crippen LogP contribution is 2.08. The fourth-order valence-electron chi connectivity index (χ4n) is 2.36. The predicted octanol–water partition coefficient (Wildman–Crippen LogP) is 3.10. The Morgan fingerprint density at radius 3 is 2.68 bits per heavy atom. The van der Waals surface area contributed by atoms with Gasteiger partial charge >= 0.3 is 0 Å². The first-order valence-corrected chi connectivity index (χ1v) is 7.35. The van der Waals surface area contributed by atoms with Gasteiger partial charge in [0, 0.05) is 12.5 Å². The number of H-pyrrole nitrogens is 1. The Morgan fingerprint density at radius 2 is 1.95 bits per heavy atom. The molecule has 0 unspecified atom stereocenters. The Hall–Kier alpha value is -1.58. The zero-order valence-electron chi connectivity index (χ0n) is 11.9. The molecule has 0 aliphatic heterocycles. The molecule has 0 aromatic carbocycles. The average molecular weight is 261 g/mol. The third kappa shape index (κ3) is 3.46. The van der Waals surface area contributed by atoms with Crippen molar-refractivity contribution in [2.75, 3.05) is 0 Å². The summed E-state index contributed by atoms with van der Waals surface area (Å²) in [5.41, 5.74) is 1.83. The highest BCUT2D eigenvalue weighted by atomic mass is 16.1. The van der Waals surface area contributed by atoms with E-state index in [9.17, 15) is 4.79 Å². The number of hydrogen-bond donors (Lipinski definition) is 1. The third-order valence-corrected chi connectivity index (χ3v) is 3.37. The molecule has 4 heteroatoms. The molecule has 0 spiro atoms. The molecule has 0 atom stereocenters. The molecule has 0 saturated heterocycles. The SMILES string of the molecule is CCCCCCc1nc2cc(CCC)cc(=O)n2[nH]1. The number of hydrogen-bond acceptors (Lipinski definition) is 2. The molecule has 104 valence electrons. The van der Waals surface area contributed by atoms with E-state index in [-0.39, 0.29) is 5.56 Å². The molecule has 1 N–H and O–H groups in total. The normalized spacial score (nSPS) is 11.3. The summed E-state index contributed by atoms with van der Waals surface area (Å²) in [4.78, 5) is 16.5. The monoisotopic (exact) mass is 261 g/mol. The minimum absolute atomic E-state index is 0.00624. The van der Waals surface area contributed by atoms with E-state index < -0.39 is 0 Å². The lowest BCUT2D eigenvalue weighted by molar-refractivity contribution is 0.651. The minimum Gasteiger partial charge on any atom is -0.276 e. The van der Waals surface area contributed by atoms with Gasteiger partial charge in [0.2, 0.25) is 0 Å². The predicted molar refractivity (Wildman–Crippen MR) is 77.7 cm³/mol. The second-order valence-corrected chi connectivity index (χ2v) is 5.13. The second kappa shape index (κ2) is 6.55. The zero-order valence-corrected chi connectivity index (χ0v) is 11.9. The van der Waals surface area contributed by atoms with Crippen molar-refractivity contribution in [3.05, 3.63) is 33.9 Å². The largest absolute Gasteiger partial charge is 0.276 e. The van der Waals surface area contributed by atoms with E-state index in [0.717, 1.165) is 42.7 Å². The fraction of sp³-hybridized carbons (Fsp3) is 0.600. The molecule has 19 heavy (non-hydrogen) atoms. The second-order valence-electron chi connectivity index (χ2n) is 5.13. The van der Waals surface area contributed by atoms with Gasteiger partial charge in [0.05, 0.1) is 0 Å². The first-order valence-electron chi connectivity index (χ1n) is 7.35. The van der Waals surface area contributed by atoms with Gasteiger partial charge in [-0.15, -0.1) is 0 Å². The maximum atomic E-state index is 12.0. The van der Waals surface area contributed by atoms with Crippen molar-refractivity contribution in [2.24, 2.45) is 0 Å². The van der Waals surface area contributed by atoms with Crippen LogP contribution in [0.2, 0.25) is 0 Å². The van der Waals surface area contributed by atoms with Crippen molar-refractivity contribution >= 4 is 5.65 Å². The van der Waals surface area contributed by atoms with Gasteiger partial charge in [-0.1, -0.05) is 39.5 Å². The molecule has 4 nitrogen and oxygen atoms in total. The molecule has 0 amide bonds. The molecule has 0 aliphatic carbocycles. The van der Waals surface area contributed by atoms with Gasteiger partial charge < -0.3 is 0 Å². The number of nitrogens with one attached hydrogen (secondary N) is 1. The zero-order chi connectivity index (χ0) is 13.7. The van der Waals surface area contributed by atoms with Gasteiger partial charge in [-0.3, -0.25) is 9.89 Å². The molecule has 2 heterocycles. The molecule has 2 aromatic rings. The smallest absolute Gasteiger partial charge is 0.271 e. The van der Waals surface area contributed by atoms with Crippen molar-refractivity contribution in [3.63, 3.8) is 0 Å². The Morgan fingerprint density at radius 1 is 1.11 bits per heavy atom. The molecular weight excluding hydrogens is 238 g/mol. The Bertz CT molecular complexity index is 583. The van der Waals surface area contributed by atoms with E-state index in [1.807, 2.05) is 6.07 Å². The van der Waals surface area contributed by atoms with Gasteiger partial charge in [-0.25, -0.2) is 9.50 Å². The van der Waals surface area contributed by atoms with Crippen molar-refractivity contribution in [3.8, 4) is 0 Å². The molecule has 0 radical (unpaired) electrons. The van der Waals surface area contributed by atoms with Crippen molar-refractivity contribution in [1.82, 2.24) is 14.6 Å². The first kappa shape index (κ1) is 13.8. The van der Waals surface area contributed by atoms with Gasteiger partial charge in [-0.05, 0) is 24.5 Å². The molecule has 2 rings (SSSR count). The van der Waals surface area contributed by atoms with Crippen molar-refractivity contribution in [1.29, 1.82) is 0 Å². The van der Waals surface area contributed by atoms with Crippen LogP contribution < -0.4 is 5.56 Å². The van der Waals surface area contributed by atoms with E-state index in [0.29, 0.717) is 0 Å². The lowest BCUT2D eigenvalue weighted by atomic mass is 10.1. The summed E-state index contributed by atoms with van der Waals surface area (Å²) in [6.07, 6.45) is 7.76. The third-order valence-electron chi connectivity index (χ3n) is 3.37. The van der Waals surface area contributed by atoms with Gasteiger partial charge in [0.25, 0.3) is 5.56 Å². The highest BCUT2D eigenvalue weighted by molar-refractivity contribution is 5.40. The Kier molecular flexibility index (Phi) is 4.77. The van der Waals surface area contributed by atoms with E-state index in [4.69, 9.17) is 0 Å². The van der Waals surface area contributed by atoms with E-state index in [2.05, 4.69) is 23.9 Å². The number of nitrogens with zero attached hydrogens (tertiary/aromatic N) is 2. The summed E-state index contributed by atoms with van der Waals surface area (Å²) in [6.45, 7) is 4.32. The number of aryl methyl sites for hydroxylation is 2. The molecule has 0 aliphatic rings. The van der Waals surface area contributed by atoms with E-state index >= 15 is 0 Å². The summed E-state index contributed by atoms with van der Waals surface area (Å²) in [5.74, 6) is 0.918. The van der Waals surface area contributed by atoms with Gasteiger partial charge in [0.1, 0.15) is 5.82 Å². The molecule has 0 saturated carbocycles. The van der Waals surface area contributed by atoms with Crippen LogP contribution in [0.3, 0.4) is 0 Å². The van der Waals surface area contributed by atoms with Crippen molar-refractivity contribution in [2.45, 2.75) is 58.8 Å². The first-order chi connectivity index (χ1) is 9.24. The van der Waals surface area contributed by atoms with E-state index in [1.165, 1.54) is 19.3 Å². The average Bonchev–Trinajstić information content (AvgIpc) is 2.79. The molecular formula is C15H23N3O. The van der Waals surface area contributed by atoms with Gasteiger partial charge in [0.15, 0.2) is 5.65 Å². The molecule has 2 aromatic heterocycles. The van der Waals surface area contributed by atoms with Crippen LogP contribution >= 0.6 is 0 Å². The lowest BCUT2D eigenvalue weighted by Crippen LogP contribution is -2.13. The topological polar surface area (TPSA) is 50.2 Å². The minimum atomic E-state index is -0.00624. The standard InChI is InChI=1S/C15H23N3O/c1-3-5-6-7-9-13-16-14-10-12(8-4-2)11-15(19)18(14)17-13/h10-11H,3-9H2,1-2H3,(H,16,17). The maximum Gasteiger partial charge on any atom is 0.271 e. The number of aromatic amines is 1. The van der Waals surface area contributed by atoms with Crippen LogP contribution in [0.25, 0.3) is 5.65 Å². The maximum absolute atomic E-state index is 12.0. The van der Waals surface area contributed by atoms with Crippen LogP contribution in [0.5, 0.6) is 0 Å². The summed E-state index contributed by atoms with van der Waals surface area (Å²) >= 11 is 0. The van der Waals surface area contributed by atoms with Crippen molar-refractivity contribution < 1.29 is 0 Å². The quantitative estimate of drug-likeness (QED) is 0.779. The summed E-state index contributed by atoms with van der Waals surface area (Å²) in [5, 5.41) is 3.10. The summed E-state index contributed by atoms with van der Waals surface area (Å²) in [7, 11) is 0. The number of pyridine rings is 1. The Labute approximate surface area is 113 Å². The van der Waals surface area contributed by atoms with Crippen LogP contribution in [0.15, 0.2) is 16.9 Å². The van der Waals surface area contributed by atoms with Crippen LogP contribution in [-0.2, 0) is 12.8 Å². The van der Waals surface area contributed by atoms with Crippen LogP contribution in [0, 0.1) is 0 Å². The highest BCUT2D eigenvalue weighted by Gasteiger charge is 2.06. The number of unbranched alkanes of at least 4 members (excludes halogenated alkanes) is 3. The molecule has 0 fully saturated rings. The summed E-state index contributed by atoms with van der Waals surface area (Å²) < 4.78 is 1.55.